The molecular weight excluding hydrogens is 470 g/mol. The van der Waals surface area contributed by atoms with Crippen LogP contribution in [-0.2, 0) is 16.6 Å². The van der Waals surface area contributed by atoms with Gasteiger partial charge in [-0.2, -0.15) is 0 Å². The van der Waals surface area contributed by atoms with Gasteiger partial charge in [0.1, 0.15) is 5.75 Å². The monoisotopic (exact) mass is 501 g/mol. The van der Waals surface area contributed by atoms with Crippen LogP contribution in [-0.4, -0.2) is 32.5 Å². The van der Waals surface area contributed by atoms with Crippen molar-refractivity contribution < 1.29 is 9.47 Å². The average Bonchev–Trinajstić information content (AvgIpc) is 3.12. The quantitative estimate of drug-likeness (QED) is 0.268. The number of nitrogens with zero attached hydrogens (tertiary/aromatic N) is 2. The molecule has 0 radical (unpaired) electrons. The van der Waals surface area contributed by atoms with Crippen LogP contribution in [0.4, 0.5) is 5.69 Å². The highest BCUT2D eigenvalue weighted by molar-refractivity contribution is 6.31. The minimum atomic E-state index is -0.346. The van der Waals surface area contributed by atoms with Gasteiger partial charge in [0.2, 0.25) is 5.90 Å². The molecule has 0 aliphatic carbocycles. The van der Waals surface area contributed by atoms with E-state index in [9.17, 15) is 0 Å². The molecule has 36 heavy (non-hydrogen) atoms. The zero-order valence-corrected chi connectivity index (χ0v) is 22.0. The summed E-state index contributed by atoms with van der Waals surface area (Å²) in [4.78, 5) is 6.74. The Morgan fingerprint density at radius 1 is 1.11 bits per heavy atom. The molecule has 0 spiro atoms. The minimum Gasteiger partial charge on any atom is -0.497 e. The van der Waals surface area contributed by atoms with Gasteiger partial charge >= 0.3 is 0 Å². The smallest absolute Gasteiger partial charge is 0.215 e. The van der Waals surface area contributed by atoms with E-state index in [0.717, 1.165) is 46.2 Å². The van der Waals surface area contributed by atoms with Gasteiger partial charge in [-0.3, -0.25) is 10.4 Å². The number of allylic oxidation sites excluding steroid dienone is 2. The van der Waals surface area contributed by atoms with Crippen molar-refractivity contribution in [3.05, 3.63) is 106 Å². The fraction of sp³-hybridized carbons (Fsp3) is 0.267. The van der Waals surface area contributed by atoms with Crippen LogP contribution in [0, 0.1) is 12.3 Å². The van der Waals surface area contributed by atoms with Crippen molar-refractivity contribution in [2.45, 2.75) is 32.6 Å². The number of methoxy groups -OCH3 is 1. The fourth-order valence-corrected chi connectivity index (χ4v) is 5.03. The molecule has 1 aliphatic heterocycles. The Balaban J connectivity index is 1.65. The van der Waals surface area contributed by atoms with Crippen LogP contribution in [0.1, 0.15) is 36.1 Å². The van der Waals surface area contributed by atoms with Crippen LogP contribution in [0.3, 0.4) is 0 Å². The Kier molecular flexibility index (Phi) is 7.80. The number of likely N-dealkylation sites (N-methyl/N-ethyl adjacent to an activating group) is 1. The number of hydrogen-bond acceptors (Lipinski definition) is 5. The summed E-state index contributed by atoms with van der Waals surface area (Å²) in [7, 11) is 1.69. The molecule has 6 heteroatoms. The summed E-state index contributed by atoms with van der Waals surface area (Å²) < 4.78 is 11.1. The van der Waals surface area contributed by atoms with Gasteiger partial charge in [-0.25, -0.2) is 0 Å². The summed E-state index contributed by atoms with van der Waals surface area (Å²) in [6.45, 7) is 7.37. The number of hydrogen-bond donors (Lipinski definition) is 1. The zero-order chi connectivity index (χ0) is 25.7. The zero-order valence-electron chi connectivity index (χ0n) is 21.2. The minimum absolute atomic E-state index is 0.0742. The lowest BCUT2D eigenvalue weighted by Gasteiger charge is -2.30. The van der Waals surface area contributed by atoms with Crippen LogP contribution in [0.25, 0.3) is 0 Å². The largest absolute Gasteiger partial charge is 0.497 e. The highest BCUT2D eigenvalue weighted by atomic mass is 35.5. The lowest BCUT2D eigenvalue weighted by Crippen LogP contribution is -2.31. The first-order valence-corrected chi connectivity index (χ1v) is 12.4. The van der Waals surface area contributed by atoms with Crippen LogP contribution < -0.4 is 9.64 Å². The standard InChI is InChI=1S/C30H32ClN3O2/c1-5-34-27-14-12-24(35-4)18-25(27)30(3,19-23-17-21(2)11-13-26(23)31)28(34)15-16-33-20-36-29(32)22-9-7-6-8-10-22/h6-18,32H,5,19-20H2,1-4H3/b28-15-,32-29?,33-16-. The number of halogens is 1. The lowest BCUT2D eigenvalue weighted by atomic mass is 9.76. The van der Waals surface area contributed by atoms with Gasteiger partial charge in [0.25, 0.3) is 0 Å². The number of rotatable bonds is 8. The van der Waals surface area contributed by atoms with Gasteiger partial charge in [-0.15, -0.1) is 0 Å². The maximum atomic E-state index is 8.10. The van der Waals surface area contributed by atoms with Gasteiger partial charge in [0.05, 0.1) is 7.11 Å². The summed E-state index contributed by atoms with van der Waals surface area (Å²) >= 11 is 6.65. The summed E-state index contributed by atoms with van der Waals surface area (Å²) in [5.41, 5.74) is 6.15. The van der Waals surface area contributed by atoms with Gasteiger partial charge in [-0.1, -0.05) is 47.5 Å². The summed E-state index contributed by atoms with van der Waals surface area (Å²) in [5, 5.41) is 8.87. The third kappa shape index (κ3) is 5.17. The number of anilines is 1. The van der Waals surface area contributed by atoms with E-state index in [1.807, 2.05) is 48.5 Å². The molecule has 1 heterocycles. The van der Waals surface area contributed by atoms with Crippen molar-refractivity contribution in [3.8, 4) is 5.75 Å². The first kappa shape index (κ1) is 25.5. The Hall–Kier alpha value is -3.57. The molecule has 1 aliphatic rings. The van der Waals surface area contributed by atoms with Crippen LogP contribution in [0.2, 0.25) is 5.02 Å². The summed E-state index contributed by atoms with van der Waals surface area (Å²) in [5.74, 6) is 0.934. The molecule has 4 rings (SSSR count). The number of fused-ring (bicyclic) bond motifs is 1. The Bertz CT molecular complexity index is 1300. The molecule has 3 aromatic carbocycles. The van der Waals surface area contributed by atoms with Crippen molar-refractivity contribution in [2.24, 2.45) is 4.99 Å². The molecule has 1 N–H and O–H groups in total. The molecule has 0 bridgehead atoms. The maximum Gasteiger partial charge on any atom is 0.215 e. The second kappa shape index (κ2) is 11.0. The van der Waals surface area contributed by atoms with Crippen molar-refractivity contribution in [1.29, 1.82) is 5.41 Å². The second-order valence-corrected chi connectivity index (χ2v) is 9.49. The number of aliphatic imine (C=N–C) groups is 1. The van der Waals surface area contributed by atoms with E-state index < -0.39 is 0 Å². The molecule has 0 fully saturated rings. The molecule has 0 aromatic heterocycles. The van der Waals surface area contributed by atoms with E-state index in [2.05, 4.69) is 54.9 Å². The predicted molar refractivity (Wildman–Crippen MR) is 149 cm³/mol. The summed E-state index contributed by atoms with van der Waals surface area (Å²) in [6.07, 6.45) is 4.56. The molecule has 0 amide bonds. The lowest BCUT2D eigenvalue weighted by molar-refractivity contribution is 0.317. The molecule has 0 saturated carbocycles. The van der Waals surface area contributed by atoms with Crippen molar-refractivity contribution in [2.75, 3.05) is 25.3 Å². The Morgan fingerprint density at radius 2 is 1.89 bits per heavy atom. The molecule has 0 saturated heterocycles. The number of nitrogens with one attached hydrogen (secondary N) is 1. The Morgan fingerprint density at radius 3 is 2.61 bits per heavy atom. The van der Waals surface area contributed by atoms with Crippen LogP contribution in [0.15, 0.2) is 83.5 Å². The highest BCUT2D eigenvalue weighted by Gasteiger charge is 2.43. The van der Waals surface area contributed by atoms with Crippen molar-refractivity contribution in [3.63, 3.8) is 0 Å². The SMILES string of the molecule is CCN1/C(=C\C=N/COC(=N)c2ccccc2)C(C)(Cc2cc(C)ccc2Cl)c2cc(OC)ccc21. The first-order valence-electron chi connectivity index (χ1n) is 12.1. The van der Waals surface area contributed by atoms with E-state index in [1.165, 1.54) is 11.1 Å². The van der Waals surface area contributed by atoms with Gasteiger partial charge in [-0.05, 0) is 80.8 Å². The molecule has 5 nitrogen and oxygen atoms in total. The predicted octanol–water partition coefficient (Wildman–Crippen LogP) is 6.95. The summed E-state index contributed by atoms with van der Waals surface area (Å²) in [6, 6.07) is 21.8. The van der Waals surface area contributed by atoms with Gasteiger partial charge < -0.3 is 14.4 Å². The van der Waals surface area contributed by atoms with Crippen LogP contribution >= 0.6 is 11.6 Å². The molecule has 1 atom stereocenters. The number of aryl methyl sites for hydroxylation is 1. The van der Waals surface area contributed by atoms with E-state index in [0.29, 0.717) is 0 Å². The highest BCUT2D eigenvalue weighted by Crippen LogP contribution is 2.51. The fourth-order valence-electron chi connectivity index (χ4n) is 4.85. The third-order valence-corrected chi connectivity index (χ3v) is 7.03. The van der Waals surface area contributed by atoms with Crippen LogP contribution in [0.5, 0.6) is 5.75 Å². The average molecular weight is 502 g/mol. The van der Waals surface area contributed by atoms with E-state index >= 15 is 0 Å². The van der Waals surface area contributed by atoms with E-state index in [-0.39, 0.29) is 18.0 Å². The topological polar surface area (TPSA) is 57.9 Å². The van der Waals surface area contributed by atoms with E-state index in [4.69, 9.17) is 26.5 Å². The molecule has 1 unspecified atom stereocenters. The third-order valence-electron chi connectivity index (χ3n) is 6.66. The normalized spacial score (nSPS) is 18.0. The molecule has 3 aromatic rings. The first-order chi connectivity index (χ1) is 17.4. The van der Waals surface area contributed by atoms with Gasteiger partial charge in [0, 0.05) is 40.1 Å². The van der Waals surface area contributed by atoms with Crippen molar-refractivity contribution in [1.82, 2.24) is 0 Å². The maximum absolute atomic E-state index is 8.10. The van der Waals surface area contributed by atoms with Crippen molar-refractivity contribution >= 4 is 29.4 Å². The second-order valence-electron chi connectivity index (χ2n) is 9.08. The van der Waals surface area contributed by atoms with Gasteiger partial charge in [0.15, 0.2) is 6.73 Å². The van der Waals surface area contributed by atoms with E-state index in [1.54, 1.807) is 13.3 Å². The Labute approximate surface area is 218 Å². The number of ether oxygens (including phenoxy) is 2. The number of benzene rings is 3. The molecule has 186 valence electrons. The molecular formula is C30H32ClN3O2.